The van der Waals surface area contributed by atoms with Gasteiger partial charge in [-0.3, -0.25) is 4.79 Å². The van der Waals surface area contributed by atoms with Crippen molar-refractivity contribution < 1.29 is 5.11 Å². The molecule has 0 radical (unpaired) electrons. The highest BCUT2D eigenvalue weighted by Crippen LogP contribution is 2.23. The molecule has 1 aromatic carbocycles. The first-order chi connectivity index (χ1) is 8.41. The van der Waals surface area contributed by atoms with Crippen molar-refractivity contribution in [2.24, 2.45) is 0 Å². The van der Waals surface area contributed by atoms with E-state index in [0.717, 1.165) is 27.9 Å². The van der Waals surface area contributed by atoms with Gasteiger partial charge in [0.2, 0.25) is 5.88 Å². The van der Waals surface area contributed by atoms with Crippen LogP contribution in [0.3, 0.4) is 0 Å². The zero-order chi connectivity index (χ0) is 13.4. The van der Waals surface area contributed by atoms with Gasteiger partial charge in [-0.05, 0) is 44.9 Å². The summed E-state index contributed by atoms with van der Waals surface area (Å²) >= 11 is 0. The lowest BCUT2D eigenvalue weighted by Crippen LogP contribution is -2.19. The molecule has 2 rings (SSSR count). The molecule has 0 amide bonds. The predicted molar refractivity (Wildman–Crippen MR) is 72.7 cm³/mol. The Bertz CT molecular complexity index is 669. The standard InChI is InChI=1S/C15H17NO2/c1-9-5-6-13(11(3)7-9)16-14(17)8-10(2)12(4)15(16)18/h5-8,18H,1-4H3. The second-order valence-corrected chi connectivity index (χ2v) is 4.74. The first-order valence-corrected chi connectivity index (χ1v) is 5.91. The highest BCUT2D eigenvalue weighted by Gasteiger charge is 2.12. The molecule has 0 unspecified atom stereocenters. The van der Waals surface area contributed by atoms with Gasteiger partial charge in [0.15, 0.2) is 0 Å². The molecule has 18 heavy (non-hydrogen) atoms. The number of benzene rings is 1. The summed E-state index contributed by atoms with van der Waals surface area (Å²) < 4.78 is 1.36. The predicted octanol–water partition coefficient (Wildman–Crippen LogP) is 2.78. The Morgan fingerprint density at radius 2 is 1.67 bits per heavy atom. The van der Waals surface area contributed by atoms with Crippen LogP contribution >= 0.6 is 0 Å². The van der Waals surface area contributed by atoms with Crippen LogP contribution in [-0.2, 0) is 0 Å². The third-order valence-electron chi connectivity index (χ3n) is 3.29. The molecule has 3 nitrogen and oxygen atoms in total. The van der Waals surface area contributed by atoms with E-state index in [0.29, 0.717) is 0 Å². The maximum atomic E-state index is 12.1. The van der Waals surface area contributed by atoms with Gasteiger partial charge in [-0.1, -0.05) is 17.7 Å². The molecule has 0 aliphatic heterocycles. The zero-order valence-electron chi connectivity index (χ0n) is 11.1. The number of aromatic hydroxyl groups is 1. The minimum absolute atomic E-state index is 0.0203. The number of pyridine rings is 1. The largest absolute Gasteiger partial charge is 0.494 e. The number of hydrogen-bond donors (Lipinski definition) is 1. The van der Waals surface area contributed by atoms with Gasteiger partial charge in [-0.15, -0.1) is 0 Å². The fraction of sp³-hybridized carbons (Fsp3) is 0.267. The summed E-state index contributed by atoms with van der Waals surface area (Å²) in [5, 5.41) is 10.2. The molecule has 0 aliphatic rings. The summed E-state index contributed by atoms with van der Waals surface area (Å²) in [6.45, 7) is 7.57. The van der Waals surface area contributed by atoms with Crippen molar-refractivity contribution in [3.8, 4) is 11.6 Å². The van der Waals surface area contributed by atoms with Crippen molar-refractivity contribution in [3.63, 3.8) is 0 Å². The van der Waals surface area contributed by atoms with Gasteiger partial charge in [-0.2, -0.15) is 0 Å². The van der Waals surface area contributed by atoms with Gasteiger partial charge in [-0.25, -0.2) is 4.57 Å². The van der Waals surface area contributed by atoms with E-state index >= 15 is 0 Å². The Hall–Kier alpha value is -2.03. The molecule has 94 valence electrons. The summed E-state index contributed by atoms with van der Waals surface area (Å²) in [6.07, 6.45) is 0. The quantitative estimate of drug-likeness (QED) is 0.836. The number of nitrogens with zero attached hydrogens (tertiary/aromatic N) is 1. The molecule has 0 saturated carbocycles. The Labute approximate surface area is 106 Å². The molecule has 0 aliphatic carbocycles. The minimum Gasteiger partial charge on any atom is -0.494 e. The molecule has 3 heteroatoms. The fourth-order valence-electron chi connectivity index (χ4n) is 2.10. The SMILES string of the molecule is Cc1ccc(-n2c(O)c(C)c(C)cc2=O)c(C)c1. The van der Waals surface area contributed by atoms with Crippen LogP contribution in [0.2, 0.25) is 0 Å². The smallest absolute Gasteiger partial charge is 0.258 e. The zero-order valence-corrected chi connectivity index (χ0v) is 11.1. The van der Waals surface area contributed by atoms with Crippen molar-refractivity contribution in [3.05, 3.63) is 56.9 Å². The van der Waals surface area contributed by atoms with E-state index in [1.54, 1.807) is 6.07 Å². The van der Waals surface area contributed by atoms with Gasteiger partial charge >= 0.3 is 0 Å². The van der Waals surface area contributed by atoms with Crippen LogP contribution in [0.5, 0.6) is 5.88 Å². The van der Waals surface area contributed by atoms with Crippen molar-refractivity contribution in [2.75, 3.05) is 0 Å². The van der Waals surface area contributed by atoms with Crippen molar-refractivity contribution in [1.29, 1.82) is 0 Å². The summed E-state index contributed by atoms with van der Waals surface area (Å²) in [6, 6.07) is 7.34. The third-order valence-corrected chi connectivity index (χ3v) is 3.29. The lowest BCUT2D eigenvalue weighted by molar-refractivity contribution is 0.430. The van der Waals surface area contributed by atoms with Crippen LogP contribution in [-0.4, -0.2) is 9.67 Å². The lowest BCUT2D eigenvalue weighted by Gasteiger charge is -2.14. The first-order valence-electron chi connectivity index (χ1n) is 5.91. The molecule has 0 fully saturated rings. The van der Waals surface area contributed by atoms with Crippen LogP contribution < -0.4 is 5.56 Å². The van der Waals surface area contributed by atoms with Crippen molar-refractivity contribution in [1.82, 2.24) is 4.57 Å². The number of hydrogen-bond acceptors (Lipinski definition) is 2. The lowest BCUT2D eigenvalue weighted by atomic mass is 10.1. The summed E-state index contributed by atoms with van der Waals surface area (Å²) in [7, 11) is 0. The maximum Gasteiger partial charge on any atom is 0.258 e. The highest BCUT2D eigenvalue weighted by molar-refractivity contribution is 5.47. The molecule has 0 spiro atoms. The van der Waals surface area contributed by atoms with Crippen molar-refractivity contribution >= 4 is 0 Å². The third kappa shape index (κ3) is 1.92. The monoisotopic (exact) mass is 243 g/mol. The van der Waals surface area contributed by atoms with Gasteiger partial charge < -0.3 is 5.11 Å². The van der Waals surface area contributed by atoms with E-state index in [2.05, 4.69) is 0 Å². The molecule has 0 bridgehead atoms. The molecule has 1 heterocycles. The van der Waals surface area contributed by atoms with Crippen LogP contribution in [0.15, 0.2) is 29.1 Å². The second kappa shape index (κ2) is 4.33. The van der Waals surface area contributed by atoms with E-state index in [-0.39, 0.29) is 11.4 Å². The molecule has 0 saturated heterocycles. The van der Waals surface area contributed by atoms with E-state index in [9.17, 15) is 9.90 Å². The average Bonchev–Trinajstić information content (AvgIpc) is 2.29. The van der Waals surface area contributed by atoms with Gasteiger partial charge in [0.25, 0.3) is 5.56 Å². The first kappa shape index (κ1) is 12.4. The molecular weight excluding hydrogens is 226 g/mol. The maximum absolute atomic E-state index is 12.1. The molecule has 0 atom stereocenters. The van der Waals surface area contributed by atoms with Crippen LogP contribution in [0.4, 0.5) is 0 Å². The van der Waals surface area contributed by atoms with Crippen LogP contribution in [0, 0.1) is 27.7 Å². The van der Waals surface area contributed by atoms with E-state index in [4.69, 9.17) is 0 Å². The highest BCUT2D eigenvalue weighted by atomic mass is 16.3. The van der Waals surface area contributed by atoms with Crippen LogP contribution in [0.25, 0.3) is 5.69 Å². The normalized spacial score (nSPS) is 10.7. The van der Waals surface area contributed by atoms with Gasteiger partial charge in [0.1, 0.15) is 0 Å². The molecule has 1 aromatic heterocycles. The van der Waals surface area contributed by atoms with E-state index in [1.807, 2.05) is 45.9 Å². The summed E-state index contributed by atoms with van der Waals surface area (Å²) in [4.78, 5) is 12.1. The molecular formula is C15H17NO2. The molecule has 2 aromatic rings. The molecule has 1 N–H and O–H groups in total. The van der Waals surface area contributed by atoms with Crippen molar-refractivity contribution in [2.45, 2.75) is 27.7 Å². The van der Waals surface area contributed by atoms with E-state index < -0.39 is 0 Å². The van der Waals surface area contributed by atoms with E-state index in [1.165, 1.54) is 4.57 Å². The topological polar surface area (TPSA) is 42.2 Å². The Kier molecular flexibility index (Phi) is 2.99. The summed E-state index contributed by atoms with van der Waals surface area (Å²) in [5.41, 5.74) is 4.16. The number of rotatable bonds is 1. The minimum atomic E-state index is -0.206. The average molecular weight is 243 g/mol. The second-order valence-electron chi connectivity index (χ2n) is 4.74. The number of aryl methyl sites for hydroxylation is 3. The fourth-order valence-corrected chi connectivity index (χ4v) is 2.10. The van der Waals surface area contributed by atoms with Crippen LogP contribution in [0.1, 0.15) is 22.3 Å². The van der Waals surface area contributed by atoms with Gasteiger partial charge in [0.05, 0.1) is 5.69 Å². The summed E-state index contributed by atoms with van der Waals surface area (Å²) in [5.74, 6) is 0.0203. The Morgan fingerprint density at radius 1 is 1.00 bits per heavy atom. The van der Waals surface area contributed by atoms with Gasteiger partial charge in [0, 0.05) is 11.6 Å². The Balaban J connectivity index is 2.79. The number of aromatic nitrogens is 1. The Morgan fingerprint density at radius 3 is 2.28 bits per heavy atom.